The Kier molecular flexibility index (Phi) is 6.06. The second-order valence-corrected chi connectivity index (χ2v) is 6.08. The molecule has 3 rings (SSSR count). The molecule has 7 nitrogen and oxygen atoms in total. The fraction of sp³-hybridized carbons (Fsp3) is 0.190. The maximum atomic E-state index is 10.6. The van der Waals surface area contributed by atoms with Crippen molar-refractivity contribution < 1.29 is 23.9 Å². The molecular formula is C21H20N2O5. The molecule has 0 aliphatic carbocycles. The summed E-state index contributed by atoms with van der Waals surface area (Å²) in [4.78, 5) is 20.2. The van der Waals surface area contributed by atoms with E-state index in [4.69, 9.17) is 19.1 Å². The molecule has 28 heavy (non-hydrogen) atoms. The lowest BCUT2D eigenvalue weighted by Gasteiger charge is -2.06. The van der Waals surface area contributed by atoms with Gasteiger partial charge in [0.25, 0.3) is 0 Å². The van der Waals surface area contributed by atoms with E-state index >= 15 is 0 Å². The van der Waals surface area contributed by atoms with Gasteiger partial charge >= 0.3 is 5.97 Å². The van der Waals surface area contributed by atoms with Crippen LogP contribution in [0.2, 0.25) is 0 Å². The summed E-state index contributed by atoms with van der Waals surface area (Å²) in [7, 11) is 0. The molecule has 0 spiro atoms. The molecule has 0 amide bonds. The molecule has 0 aliphatic rings. The van der Waals surface area contributed by atoms with Gasteiger partial charge in [-0.05, 0) is 43.7 Å². The lowest BCUT2D eigenvalue weighted by molar-refractivity contribution is -0.129. The van der Waals surface area contributed by atoms with Crippen LogP contribution >= 0.6 is 0 Å². The standard InChI is InChI=1S/C21H20N2O5/c1-14(21(24)25)23-27-12-16-8-10-18(11-9-16)26-13-19-15(2)28-20(22-19)17-6-4-3-5-7-17/h3-11H,12-13H2,1-2H3,(H,24,25). The van der Waals surface area contributed by atoms with Gasteiger partial charge in [-0.25, -0.2) is 9.78 Å². The second-order valence-electron chi connectivity index (χ2n) is 6.08. The number of aryl methyl sites for hydroxylation is 1. The zero-order chi connectivity index (χ0) is 19.9. The third-order valence-electron chi connectivity index (χ3n) is 3.95. The van der Waals surface area contributed by atoms with Crippen LogP contribution in [0, 0.1) is 6.92 Å². The first-order chi connectivity index (χ1) is 13.5. The van der Waals surface area contributed by atoms with E-state index in [2.05, 4.69) is 10.1 Å². The highest BCUT2D eigenvalue weighted by Gasteiger charge is 2.12. The van der Waals surface area contributed by atoms with E-state index in [9.17, 15) is 4.79 Å². The van der Waals surface area contributed by atoms with Crippen LogP contribution in [-0.2, 0) is 22.8 Å². The fourth-order valence-electron chi connectivity index (χ4n) is 2.34. The lowest BCUT2D eigenvalue weighted by atomic mass is 10.2. The van der Waals surface area contributed by atoms with Crippen molar-refractivity contribution in [2.24, 2.45) is 5.16 Å². The molecule has 0 radical (unpaired) electrons. The first-order valence-corrected chi connectivity index (χ1v) is 8.66. The number of carboxylic acid groups (broad SMARTS) is 1. The first-order valence-electron chi connectivity index (χ1n) is 8.66. The van der Waals surface area contributed by atoms with Gasteiger partial charge in [-0.1, -0.05) is 35.5 Å². The van der Waals surface area contributed by atoms with Gasteiger partial charge in [0, 0.05) is 5.56 Å². The highest BCUT2D eigenvalue weighted by molar-refractivity contribution is 6.34. The Morgan fingerprint density at radius 3 is 2.50 bits per heavy atom. The summed E-state index contributed by atoms with van der Waals surface area (Å²) in [6.07, 6.45) is 0. The molecule has 0 unspecified atom stereocenters. The van der Waals surface area contributed by atoms with Crippen LogP contribution in [0.25, 0.3) is 11.5 Å². The molecule has 0 saturated heterocycles. The predicted molar refractivity (Wildman–Crippen MR) is 103 cm³/mol. The zero-order valence-electron chi connectivity index (χ0n) is 15.6. The summed E-state index contributed by atoms with van der Waals surface area (Å²) in [6.45, 7) is 3.69. The smallest absolute Gasteiger partial charge is 0.353 e. The number of benzene rings is 2. The maximum Gasteiger partial charge on any atom is 0.353 e. The number of aliphatic carboxylic acids is 1. The summed E-state index contributed by atoms with van der Waals surface area (Å²) in [6, 6.07) is 17.0. The van der Waals surface area contributed by atoms with Crippen molar-refractivity contribution in [2.75, 3.05) is 0 Å². The Bertz CT molecular complexity index is 962. The Balaban J connectivity index is 1.56. The van der Waals surface area contributed by atoms with Gasteiger partial charge in [-0.15, -0.1) is 0 Å². The number of aromatic nitrogens is 1. The van der Waals surface area contributed by atoms with Gasteiger partial charge in [0.2, 0.25) is 5.89 Å². The minimum absolute atomic E-state index is 0.0993. The summed E-state index contributed by atoms with van der Waals surface area (Å²) < 4.78 is 11.5. The molecule has 7 heteroatoms. The molecule has 0 bridgehead atoms. The molecule has 1 heterocycles. The summed E-state index contributed by atoms with van der Waals surface area (Å²) >= 11 is 0. The Morgan fingerprint density at radius 2 is 1.82 bits per heavy atom. The van der Waals surface area contributed by atoms with E-state index in [0.717, 1.165) is 22.6 Å². The fourth-order valence-corrected chi connectivity index (χ4v) is 2.34. The molecule has 0 atom stereocenters. The maximum absolute atomic E-state index is 10.6. The Labute approximate surface area is 162 Å². The number of oxazole rings is 1. The molecule has 2 aromatic carbocycles. The number of carboxylic acids is 1. The predicted octanol–water partition coefficient (Wildman–Crippen LogP) is 4.21. The number of nitrogens with zero attached hydrogens (tertiary/aromatic N) is 2. The number of oxime groups is 1. The van der Waals surface area contributed by atoms with Gasteiger partial charge in [-0.3, -0.25) is 0 Å². The van der Waals surface area contributed by atoms with Crippen molar-refractivity contribution in [2.45, 2.75) is 27.1 Å². The zero-order valence-corrected chi connectivity index (χ0v) is 15.6. The van der Waals surface area contributed by atoms with Crippen LogP contribution in [-0.4, -0.2) is 21.8 Å². The van der Waals surface area contributed by atoms with Crippen molar-refractivity contribution in [1.29, 1.82) is 0 Å². The van der Waals surface area contributed by atoms with Crippen LogP contribution in [0.5, 0.6) is 5.75 Å². The normalized spacial score (nSPS) is 11.3. The quantitative estimate of drug-likeness (QED) is 0.465. The summed E-state index contributed by atoms with van der Waals surface area (Å²) in [5.41, 5.74) is 2.41. The Hall–Kier alpha value is -3.61. The largest absolute Gasteiger partial charge is 0.487 e. The third kappa shape index (κ3) is 4.97. The molecule has 0 saturated carbocycles. The average Bonchev–Trinajstić information content (AvgIpc) is 3.08. The highest BCUT2D eigenvalue weighted by atomic mass is 16.6. The number of hydrogen-bond donors (Lipinski definition) is 1. The van der Waals surface area contributed by atoms with E-state index < -0.39 is 5.97 Å². The van der Waals surface area contributed by atoms with Crippen LogP contribution in [0.15, 0.2) is 64.2 Å². The minimum Gasteiger partial charge on any atom is -0.487 e. The van der Waals surface area contributed by atoms with Crippen molar-refractivity contribution in [3.63, 3.8) is 0 Å². The molecule has 1 N–H and O–H groups in total. The summed E-state index contributed by atoms with van der Waals surface area (Å²) in [5, 5.41) is 12.2. The van der Waals surface area contributed by atoms with Crippen LogP contribution in [0.4, 0.5) is 0 Å². The van der Waals surface area contributed by atoms with E-state index in [0.29, 0.717) is 18.2 Å². The lowest BCUT2D eigenvalue weighted by Crippen LogP contribution is -2.08. The van der Waals surface area contributed by atoms with Crippen molar-refractivity contribution in [1.82, 2.24) is 4.98 Å². The van der Waals surface area contributed by atoms with Crippen molar-refractivity contribution >= 4 is 11.7 Å². The Morgan fingerprint density at radius 1 is 1.11 bits per heavy atom. The van der Waals surface area contributed by atoms with E-state index in [-0.39, 0.29) is 12.3 Å². The monoisotopic (exact) mass is 380 g/mol. The highest BCUT2D eigenvalue weighted by Crippen LogP contribution is 2.22. The second kappa shape index (κ2) is 8.85. The van der Waals surface area contributed by atoms with Gasteiger partial charge < -0.3 is 19.1 Å². The van der Waals surface area contributed by atoms with Crippen molar-refractivity contribution in [3.05, 3.63) is 71.6 Å². The molecular weight excluding hydrogens is 360 g/mol. The molecule has 0 aliphatic heterocycles. The number of carbonyl (C=O) groups is 1. The van der Waals surface area contributed by atoms with Gasteiger partial charge in [0.05, 0.1) is 0 Å². The third-order valence-corrected chi connectivity index (χ3v) is 3.95. The average molecular weight is 380 g/mol. The molecule has 144 valence electrons. The van der Waals surface area contributed by atoms with E-state index in [1.165, 1.54) is 6.92 Å². The van der Waals surface area contributed by atoms with Gasteiger partial charge in [0.1, 0.15) is 30.4 Å². The van der Waals surface area contributed by atoms with Gasteiger partial charge in [-0.2, -0.15) is 0 Å². The number of ether oxygens (including phenoxy) is 1. The number of rotatable bonds is 8. The minimum atomic E-state index is -1.11. The summed E-state index contributed by atoms with van der Waals surface area (Å²) in [5.74, 6) is 0.858. The molecule has 0 fully saturated rings. The SMILES string of the molecule is CC(=NOCc1ccc(OCc2nc(-c3ccccc3)oc2C)cc1)C(=O)O. The van der Waals surface area contributed by atoms with E-state index in [1.807, 2.05) is 49.4 Å². The first kappa shape index (κ1) is 19.2. The van der Waals surface area contributed by atoms with Crippen LogP contribution in [0.1, 0.15) is 23.9 Å². The van der Waals surface area contributed by atoms with Crippen LogP contribution in [0.3, 0.4) is 0 Å². The van der Waals surface area contributed by atoms with E-state index in [1.54, 1.807) is 12.1 Å². The topological polar surface area (TPSA) is 94.2 Å². The van der Waals surface area contributed by atoms with Gasteiger partial charge in [0.15, 0.2) is 5.71 Å². The molecule has 1 aromatic heterocycles. The van der Waals surface area contributed by atoms with Crippen molar-refractivity contribution in [3.8, 4) is 17.2 Å². The van der Waals surface area contributed by atoms with Crippen LogP contribution < -0.4 is 4.74 Å². The molecule has 3 aromatic rings. The number of hydrogen-bond acceptors (Lipinski definition) is 6.